The summed E-state index contributed by atoms with van der Waals surface area (Å²) in [6.45, 7) is 4.00. The van der Waals surface area contributed by atoms with Gasteiger partial charge in [0.25, 0.3) is 4.18 Å². The molecule has 0 fully saturated rings. The summed E-state index contributed by atoms with van der Waals surface area (Å²) in [5.74, 6) is 0. The van der Waals surface area contributed by atoms with Gasteiger partial charge in [-0.15, -0.1) is 0 Å². The van der Waals surface area contributed by atoms with E-state index in [0.717, 1.165) is 0 Å². The lowest BCUT2D eigenvalue weighted by molar-refractivity contribution is 0.627. The number of halogens is 2. The van der Waals surface area contributed by atoms with Crippen LogP contribution in [0.2, 0.25) is 0 Å². The van der Waals surface area contributed by atoms with Gasteiger partial charge in [-0.2, -0.15) is 0 Å². The molecule has 0 saturated carbocycles. The second-order valence-electron chi connectivity index (χ2n) is 0.378. The molecule has 0 aliphatic heterocycles. The standard InChI is InChI=1S/C2H6.I2O2S/c1-2;1-5(2,3)4/h1-2H3;. The fraction of sp³-hybridized carbons (Fsp3) is 1.00. The highest BCUT2D eigenvalue weighted by Crippen LogP contribution is 2.08. The van der Waals surface area contributed by atoms with Gasteiger partial charge in [-0.1, -0.05) is 13.8 Å². The van der Waals surface area contributed by atoms with Gasteiger partial charge < -0.3 is 0 Å². The van der Waals surface area contributed by atoms with E-state index >= 15 is 0 Å². The van der Waals surface area contributed by atoms with Crippen LogP contribution in [0.3, 0.4) is 0 Å². The molecule has 0 aromatic heterocycles. The average Bonchev–Trinajstić information content (AvgIpc) is 1.36. The van der Waals surface area contributed by atoms with E-state index in [-0.39, 0.29) is 0 Å². The second-order valence-corrected chi connectivity index (χ2v) is 13.1. The minimum atomic E-state index is -2.73. The Kier molecular flexibility index (Phi) is 8.90. The first-order valence-electron chi connectivity index (χ1n) is 1.64. The van der Waals surface area contributed by atoms with Crippen LogP contribution >= 0.6 is 42.4 Å². The summed E-state index contributed by atoms with van der Waals surface area (Å²) in [5.41, 5.74) is 0. The van der Waals surface area contributed by atoms with Crippen molar-refractivity contribution in [2.75, 3.05) is 0 Å². The van der Waals surface area contributed by atoms with Crippen LogP contribution < -0.4 is 0 Å². The van der Waals surface area contributed by atoms with E-state index in [1.54, 1.807) is 0 Å². The van der Waals surface area contributed by atoms with Crippen LogP contribution in [0, 0.1) is 0 Å². The fourth-order valence-electron chi connectivity index (χ4n) is 0. The van der Waals surface area contributed by atoms with Crippen molar-refractivity contribution < 1.29 is 8.42 Å². The van der Waals surface area contributed by atoms with Gasteiger partial charge >= 0.3 is 0 Å². The highest BCUT2D eigenvalue weighted by Gasteiger charge is 1.86. The lowest BCUT2D eigenvalue weighted by atomic mass is 11.0. The van der Waals surface area contributed by atoms with Gasteiger partial charge in [-0.3, -0.25) is 0 Å². The third-order valence-corrected chi connectivity index (χ3v) is 0. The Morgan fingerprint density at radius 1 is 1.14 bits per heavy atom. The minimum absolute atomic E-state index is 1.34. The molecule has 0 amide bonds. The Labute approximate surface area is 68.2 Å². The summed E-state index contributed by atoms with van der Waals surface area (Å²) < 4.78 is 16.5. The van der Waals surface area contributed by atoms with Crippen LogP contribution in [0.15, 0.2) is 0 Å². The molecule has 7 heavy (non-hydrogen) atoms. The smallest absolute Gasteiger partial charge is 0.208 e. The molecule has 0 aliphatic carbocycles. The van der Waals surface area contributed by atoms with Crippen LogP contribution in [-0.2, 0) is 4.18 Å². The van der Waals surface area contributed by atoms with Crippen LogP contribution in [0.4, 0.5) is 0 Å². The molecule has 0 saturated heterocycles. The second kappa shape index (κ2) is 5.54. The van der Waals surface area contributed by atoms with Crippen molar-refractivity contribution in [3.05, 3.63) is 0 Å². The quantitative estimate of drug-likeness (QED) is 0.497. The molecule has 0 heterocycles. The largest absolute Gasteiger partial charge is 0.255 e. The zero-order valence-corrected chi connectivity index (χ0v) is 9.11. The molecule has 0 aromatic carbocycles. The van der Waals surface area contributed by atoms with Crippen LogP contribution in [0.5, 0.6) is 0 Å². The summed E-state index contributed by atoms with van der Waals surface area (Å²) in [4.78, 5) is 0. The first-order chi connectivity index (χ1) is 3.00. The van der Waals surface area contributed by atoms with E-state index in [4.69, 9.17) is 0 Å². The predicted octanol–water partition coefficient (Wildman–Crippen LogP) is 2.13. The topological polar surface area (TPSA) is 34.1 Å². The molecule has 2 nitrogen and oxygen atoms in total. The van der Waals surface area contributed by atoms with Crippen molar-refractivity contribution in [1.29, 1.82) is 0 Å². The Bertz CT molecular complexity index is 96.9. The Morgan fingerprint density at radius 3 is 1.14 bits per heavy atom. The van der Waals surface area contributed by atoms with E-state index < -0.39 is 4.18 Å². The average molecular weight is 348 g/mol. The summed E-state index contributed by atoms with van der Waals surface area (Å²) in [7, 11) is 0. The van der Waals surface area contributed by atoms with E-state index in [9.17, 15) is 8.42 Å². The normalized spacial score (nSPS) is 9.14. The van der Waals surface area contributed by atoms with Gasteiger partial charge in [0.1, 0.15) is 0 Å². The van der Waals surface area contributed by atoms with E-state index in [1.807, 2.05) is 13.8 Å². The van der Waals surface area contributed by atoms with Gasteiger partial charge in [-0.25, -0.2) is 8.42 Å². The maximum atomic E-state index is 9.61. The van der Waals surface area contributed by atoms with E-state index in [2.05, 4.69) is 0 Å². The maximum absolute atomic E-state index is 9.61. The lowest BCUT2D eigenvalue weighted by Gasteiger charge is -1.62. The van der Waals surface area contributed by atoms with Crippen LogP contribution in [-0.4, -0.2) is 8.42 Å². The SMILES string of the molecule is CC.O=S(=O)(I)I. The van der Waals surface area contributed by atoms with Crippen LogP contribution in [0.1, 0.15) is 13.8 Å². The molecule has 0 aliphatic rings. The van der Waals surface area contributed by atoms with Gasteiger partial charge in [0.15, 0.2) is 0 Å². The third kappa shape index (κ3) is 109. The fourth-order valence-corrected chi connectivity index (χ4v) is 0. The van der Waals surface area contributed by atoms with Crippen molar-refractivity contribution in [2.24, 2.45) is 0 Å². The number of hydrogen-bond acceptors (Lipinski definition) is 2. The van der Waals surface area contributed by atoms with Crippen LogP contribution in [0.25, 0.3) is 0 Å². The van der Waals surface area contributed by atoms with Gasteiger partial charge in [0.05, 0.1) is 42.4 Å². The van der Waals surface area contributed by atoms with E-state index in [0.29, 0.717) is 0 Å². The first-order valence-corrected chi connectivity index (χ1v) is 8.21. The van der Waals surface area contributed by atoms with Crippen molar-refractivity contribution in [2.45, 2.75) is 13.8 Å². The highest BCUT2D eigenvalue weighted by atomic mass is 127. The summed E-state index contributed by atoms with van der Waals surface area (Å²) in [5, 5.41) is 0. The zero-order chi connectivity index (χ0) is 6.50. The Morgan fingerprint density at radius 2 is 1.14 bits per heavy atom. The predicted molar refractivity (Wildman–Crippen MR) is 48.3 cm³/mol. The lowest BCUT2D eigenvalue weighted by Crippen LogP contribution is -1.60. The molecular weight excluding hydrogens is 342 g/mol. The summed E-state index contributed by atoms with van der Waals surface area (Å²) in [6, 6.07) is 0. The summed E-state index contributed by atoms with van der Waals surface area (Å²) in [6.07, 6.45) is 0. The Balaban J connectivity index is 0. The first kappa shape index (κ1) is 11.2. The molecule has 46 valence electrons. The molecule has 0 rings (SSSR count). The molecule has 0 bridgehead atoms. The number of hydrogen-bond donors (Lipinski definition) is 0. The molecule has 0 spiro atoms. The molecule has 0 N–H and O–H groups in total. The van der Waals surface area contributed by atoms with E-state index in [1.165, 1.54) is 42.4 Å². The molecule has 0 unspecified atom stereocenters. The molecular formula is C2H6I2O2S. The van der Waals surface area contributed by atoms with Gasteiger partial charge in [0.2, 0.25) is 0 Å². The molecule has 0 atom stereocenters. The van der Waals surface area contributed by atoms with Crippen molar-refractivity contribution in [1.82, 2.24) is 0 Å². The Hall–Kier alpha value is 1.41. The molecule has 0 aromatic rings. The maximum Gasteiger partial charge on any atom is 0.255 e. The van der Waals surface area contributed by atoms with Gasteiger partial charge in [0, 0.05) is 0 Å². The monoisotopic (exact) mass is 348 g/mol. The van der Waals surface area contributed by atoms with Crippen molar-refractivity contribution in [3.63, 3.8) is 0 Å². The minimum Gasteiger partial charge on any atom is -0.208 e. The number of rotatable bonds is 0. The van der Waals surface area contributed by atoms with Gasteiger partial charge in [-0.05, 0) is 0 Å². The van der Waals surface area contributed by atoms with Crippen molar-refractivity contribution >= 4 is 46.6 Å². The molecule has 5 heteroatoms. The zero-order valence-electron chi connectivity index (χ0n) is 3.98. The molecule has 0 radical (unpaired) electrons. The highest BCUT2D eigenvalue weighted by molar-refractivity contribution is 14.3. The summed E-state index contributed by atoms with van der Waals surface area (Å²) >= 11 is 2.67. The van der Waals surface area contributed by atoms with Crippen molar-refractivity contribution in [3.8, 4) is 0 Å². The third-order valence-electron chi connectivity index (χ3n) is 0.